The largest absolute Gasteiger partial charge is 0.375 e. The van der Waals surface area contributed by atoms with Gasteiger partial charge in [0.1, 0.15) is 17.3 Å². The fourth-order valence-corrected chi connectivity index (χ4v) is 1.85. The van der Waals surface area contributed by atoms with Gasteiger partial charge in [0.25, 0.3) is 0 Å². The van der Waals surface area contributed by atoms with Crippen molar-refractivity contribution in [2.45, 2.75) is 6.54 Å². The van der Waals surface area contributed by atoms with E-state index in [2.05, 4.69) is 26.2 Å². The van der Waals surface area contributed by atoms with E-state index in [1.165, 1.54) is 12.1 Å². The Kier molecular flexibility index (Phi) is 3.42. The van der Waals surface area contributed by atoms with Crippen LogP contribution >= 0.6 is 15.9 Å². The molecule has 0 fully saturated rings. The van der Waals surface area contributed by atoms with Gasteiger partial charge in [0.15, 0.2) is 0 Å². The molecule has 1 aromatic carbocycles. The van der Waals surface area contributed by atoms with Crippen LogP contribution in [0.5, 0.6) is 0 Å². The third-order valence-corrected chi connectivity index (χ3v) is 2.83. The van der Waals surface area contributed by atoms with Crippen molar-refractivity contribution < 1.29 is 8.78 Å². The van der Waals surface area contributed by atoms with Crippen molar-refractivity contribution in [3.8, 4) is 0 Å². The monoisotopic (exact) mass is 301 g/mol. The first-order valence-corrected chi connectivity index (χ1v) is 5.71. The van der Waals surface area contributed by atoms with Gasteiger partial charge in [-0.05, 0) is 12.1 Å². The summed E-state index contributed by atoms with van der Waals surface area (Å²) in [5, 5.41) is 2.72. The molecule has 3 nitrogen and oxygen atoms in total. The Labute approximate surface area is 106 Å². The Hall–Kier alpha value is -1.43. The molecule has 2 aromatic rings. The van der Waals surface area contributed by atoms with E-state index in [1.807, 2.05) is 7.05 Å². The molecule has 0 aliphatic carbocycles. The summed E-state index contributed by atoms with van der Waals surface area (Å²) < 4.78 is 29.1. The maximum atomic E-state index is 13.5. The highest BCUT2D eigenvalue weighted by atomic mass is 79.9. The van der Waals surface area contributed by atoms with E-state index in [9.17, 15) is 8.78 Å². The zero-order chi connectivity index (χ0) is 12.4. The molecule has 0 saturated carbocycles. The topological polar surface area (TPSA) is 29.9 Å². The Morgan fingerprint density at radius 2 is 2.00 bits per heavy atom. The standard InChI is InChI=1S/C11H10BrF2N3/c1-17-6-15-4-8(17)5-16-11-9(13)2-7(12)3-10(11)14/h2-4,6,16H,5H2,1H3. The molecule has 0 unspecified atom stereocenters. The average Bonchev–Trinajstić information content (AvgIpc) is 2.62. The van der Waals surface area contributed by atoms with Gasteiger partial charge in [0.2, 0.25) is 0 Å². The zero-order valence-electron chi connectivity index (χ0n) is 9.04. The summed E-state index contributed by atoms with van der Waals surface area (Å²) in [5.41, 5.74) is 0.709. The van der Waals surface area contributed by atoms with E-state index in [0.29, 0.717) is 11.0 Å². The predicted octanol–water partition coefficient (Wildman–Crippen LogP) is 3.07. The number of rotatable bonds is 3. The molecular weight excluding hydrogens is 292 g/mol. The second-order valence-electron chi connectivity index (χ2n) is 3.59. The summed E-state index contributed by atoms with van der Waals surface area (Å²) in [6.45, 7) is 0.311. The van der Waals surface area contributed by atoms with Gasteiger partial charge in [-0.2, -0.15) is 0 Å². The highest BCUT2D eigenvalue weighted by Crippen LogP contribution is 2.24. The van der Waals surface area contributed by atoms with Crippen molar-refractivity contribution in [2.24, 2.45) is 7.05 Å². The zero-order valence-corrected chi connectivity index (χ0v) is 10.6. The quantitative estimate of drug-likeness (QED) is 0.944. The minimum Gasteiger partial charge on any atom is -0.375 e. The molecule has 90 valence electrons. The summed E-state index contributed by atoms with van der Waals surface area (Å²) >= 11 is 3.03. The van der Waals surface area contributed by atoms with Gasteiger partial charge in [-0.1, -0.05) is 15.9 Å². The minimum absolute atomic E-state index is 0.130. The summed E-state index contributed by atoms with van der Waals surface area (Å²) in [7, 11) is 1.82. The van der Waals surface area contributed by atoms with Gasteiger partial charge in [-0.15, -0.1) is 0 Å². The first kappa shape index (κ1) is 12.0. The van der Waals surface area contributed by atoms with Crippen LogP contribution in [0.1, 0.15) is 5.69 Å². The minimum atomic E-state index is -0.626. The first-order chi connectivity index (χ1) is 8.08. The fourth-order valence-electron chi connectivity index (χ4n) is 1.44. The molecule has 0 atom stereocenters. The molecule has 2 rings (SSSR count). The highest BCUT2D eigenvalue weighted by molar-refractivity contribution is 9.10. The molecule has 1 N–H and O–H groups in total. The number of aryl methyl sites for hydroxylation is 1. The van der Waals surface area contributed by atoms with E-state index in [0.717, 1.165) is 5.69 Å². The van der Waals surface area contributed by atoms with Crippen molar-refractivity contribution in [3.05, 3.63) is 46.5 Å². The van der Waals surface area contributed by atoms with E-state index >= 15 is 0 Å². The molecule has 1 aromatic heterocycles. The number of benzene rings is 1. The third kappa shape index (κ3) is 2.63. The van der Waals surface area contributed by atoms with E-state index in [1.54, 1.807) is 17.1 Å². The highest BCUT2D eigenvalue weighted by Gasteiger charge is 2.10. The molecule has 0 amide bonds. The second-order valence-corrected chi connectivity index (χ2v) is 4.51. The second kappa shape index (κ2) is 4.83. The van der Waals surface area contributed by atoms with E-state index in [-0.39, 0.29) is 5.69 Å². The number of hydrogen-bond acceptors (Lipinski definition) is 2. The van der Waals surface area contributed by atoms with Gasteiger partial charge < -0.3 is 9.88 Å². The lowest BCUT2D eigenvalue weighted by Crippen LogP contribution is -2.07. The van der Waals surface area contributed by atoms with Crippen LogP contribution in [0.25, 0.3) is 0 Å². The smallest absolute Gasteiger partial charge is 0.150 e. The van der Waals surface area contributed by atoms with Crippen molar-refractivity contribution in [3.63, 3.8) is 0 Å². The SMILES string of the molecule is Cn1cncc1CNc1c(F)cc(Br)cc1F. The van der Waals surface area contributed by atoms with Gasteiger partial charge in [0.05, 0.1) is 18.6 Å². The molecule has 0 aliphatic heterocycles. The van der Waals surface area contributed by atoms with Crippen LogP contribution in [0, 0.1) is 11.6 Å². The Morgan fingerprint density at radius 3 is 2.53 bits per heavy atom. The van der Waals surface area contributed by atoms with E-state index in [4.69, 9.17) is 0 Å². The van der Waals surface area contributed by atoms with Crippen molar-refractivity contribution in [1.29, 1.82) is 0 Å². The number of aromatic nitrogens is 2. The number of anilines is 1. The molecule has 17 heavy (non-hydrogen) atoms. The van der Waals surface area contributed by atoms with Crippen LogP contribution in [0.15, 0.2) is 29.1 Å². The van der Waals surface area contributed by atoms with Crippen LogP contribution < -0.4 is 5.32 Å². The van der Waals surface area contributed by atoms with Crippen LogP contribution in [0.4, 0.5) is 14.5 Å². The fraction of sp³-hybridized carbons (Fsp3) is 0.182. The molecular formula is C11H10BrF2N3. The van der Waals surface area contributed by atoms with Crippen LogP contribution in [-0.4, -0.2) is 9.55 Å². The molecule has 0 saturated heterocycles. The van der Waals surface area contributed by atoms with Crippen molar-refractivity contribution in [1.82, 2.24) is 9.55 Å². The van der Waals surface area contributed by atoms with Crippen molar-refractivity contribution in [2.75, 3.05) is 5.32 Å². The van der Waals surface area contributed by atoms with Gasteiger partial charge >= 0.3 is 0 Å². The lowest BCUT2D eigenvalue weighted by Gasteiger charge is -2.09. The normalized spacial score (nSPS) is 10.6. The van der Waals surface area contributed by atoms with Crippen LogP contribution in [-0.2, 0) is 13.6 Å². The maximum absolute atomic E-state index is 13.5. The number of nitrogens with one attached hydrogen (secondary N) is 1. The Morgan fingerprint density at radius 1 is 1.35 bits per heavy atom. The number of halogens is 3. The first-order valence-electron chi connectivity index (χ1n) is 4.91. The summed E-state index contributed by atoms with van der Waals surface area (Å²) in [4.78, 5) is 3.92. The van der Waals surface area contributed by atoms with Crippen LogP contribution in [0.2, 0.25) is 0 Å². The third-order valence-electron chi connectivity index (χ3n) is 2.37. The summed E-state index contributed by atoms with van der Waals surface area (Å²) in [6, 6.07) is 2.43. The molecule has 1 heterocycles. The maximum Gasteiger partial charge on any atom is 0.150 e. The summed E-state index contributed by atoms with van der Waals surface area (Å²) in [5.74, 6) is -1.25. The van der Waals surface area contributed by atoms with Crippen LogP contribution in [0.3, 0.4) is 0 Å². The number of nitrogens with zero attached hydrogens (tertiary/aromatic N) is 2. The molecule has 0 bridgehead atoms. The molecule has 6 heteroatoms. The number of imidazole rings is 1. The Balaban J connectivity index is 2.17. The van der Waals surface area contributed by atoms with Gasteiger partial charge in [0, 0.05) is 17.7 Å². The number of hydrogen-bond donors (Lipinski definition) is 1. The molecule has 0 radical (unpaired) electrons. The van der Waals surface area contributed by atoms with Gasteiger partial charge in [-0.25, -0.2) is 13.8 Å². The molecule has 0 aliphatic rings. The average molecular weight is 302 g/mol. The van der Waals surface area contributed by atoms with Crippen molar-refractivity contribution >= 4 is 21.6 Å². The predicted molar refractivity (Wildman–Crippen MR) is 64.6 cm³/mol. The Bertz CT molecular complexity index is 516. The lowest BCUT2D eigenvalue weighted by molar-refractivity contribution is 0.586. The molecule has 0 spiro atoms. The summed E-state index contributed by atoms with van der Waals surface area (Å²) in [6.07, 6.45) is 3.27. The van der Waals surface area contributed by atoms with E-state index < -0.39 is 11.6 Å². The van der Waals surface area contributed by atoms with Gasteiger partial charge in [-0.3, -0.25) is 0 Å². The lowest BCUT2D eigenvalue weighted by atomic mass is 10.3.